The molecule has 1 rings (SSSR count). The van der Waals surface area contributed by atoms with Gasteiger partial charge in [0.1, 0.15) is 0 Å². The van der Waals surface area contributed by atoms with E-state index >= 15 is 0 Å². The van der Waals surface area contributed by atoms with E-state index in [-0.39, 0.29) is 13.0 Å². The predicted molar refractivity (Wildman–Crippen MR) is 64.3 cm³/mol. The summed E-state index contributed by atoms with van der Waals surface area (Å²) in [5.41, 5.74) is 0. The zero-order valence-corrected chi connectivity index (χ0v) is 12.5. The molecule has 0 aliphatic carbocycles. The summed E-state index contributed by atoms with van der Waals surface area (Å²) in [6.07, 6.45) is -7.80. The van der Waals surface area contributed by atoms with Gasteiger partial charge in [-0.3, -0.25) is 0 Å². The third-order valence-corrected chi connectivity index (χ3v) is 3.54. The van der Waals surface area contributed by atoms with Gasteiger partial charge in [-0.1, -0.05) is 0 Å². The molecule has 0 aromatic heterocycles. The lowest BCUT2D eigenvalue weighted by atomic mass is 9.99. The SMILES string of the molecule is FC(F)(F)C(F)(F)C(F)(F)C(F)(F)CCCCOC1CCCCO1. The zero-order chi connectivity index (χ0) is 18.6. The lowest BCUT2D eigenvalue weighted by Crippen LogP contribution is -2.60. The topological polar surface area (TPSA) is 18.5 Å². The number of ether oxygens (including phenoxy) is 2. The molecule has 1 unspecified atom stereocenters. The minimum Gasteiger partial charge on any atom is -0.353 e. The van der Waals surface area contributed by atoms with Gasteiger partial charge in [0.05, 0.1) is 0 Å². The highest BCUT2D eigenvalue weighted by molar-refractivity contribution is 5.00. The first-order valence-electron chi connectivity index (χ1n) is 7.26. The number of alkyl halides is 9. The van der Waals surface area contributed by atoms with Gasteiger partial charge in [0.2, 0.25) is 0 Å². The Bertz CT molecular complexity index is 389. The van der Waals surface area contributed by atoms with Crippen LogP contribution in [0, 0.1) is 0 Å². The Balaban J connectivity index is 2.47. The number of hydrogen-bond acceptors (Lipinski definition) is 2. The fraction of sp³-hybridized carbons (Fsp3) is 1.00. The van der Waals surface area contributed by atoms with E-state index in [1.807, 2.05) is 0 Å². The molecule has 1 aliphatic heterocycles. The monoisotopic (exact) mass is 376 g/mol. The molecule has 0 amide bonds. The van der Waals surface area contributed by atoms with Crippen LogP contribution >= 0.6 is 0 Å². The summed E-state index contributed by atoms with van der Waals surface area (Å²) in [4.78, 5) is 0. The van der Waals surface area contributed by atoms with Crippen molar-refractivity contribution in [3.05, 3.63) is 0 Å². The third kappa shape index (κ3) is 4.68. The Labute approximate surface area is 132 Å². The van der Waals surface area contributed by atoms with E-state index in [1.54, 1.807) is 0 Å². The minimum atomic E-state index is -6.82. The highest BCUT2D eigenvalue weighted by atomic mass is 19.4. The van der Waals surface area contributed by atoms with Crippen molar-refractivity contribution in [1.29, 1.82) is 0 Å². The molecular formula is C13H17F9O2. The van der Waals surface area contributed by atoms with Crippen LogP contribution in [0.5, 0.6) is 0 Å². The van der Waals surface area contributed by atoms with Crippen LogP contribution < -0.4 is 0 Å². The minimum absolute atomic E-state index is 0.151. The zero-order valence-electron chi connectivity index (χ0n) is 12.5. The van der Waals surface area contributed by atoms with Crippen LogP contribution in [0.25, 0.3) is 0 Å². The molecule has 2 nitrogen and oxygen atoms in total. The van der Waals surface area contributed by atoms with Crippen LogP contribution in [0.2, 0.25) is 0 Å². The average molecular weight is 376 g/mol. The predicted octanol–water partition coefficient (Wildman–Crippen LogP) is 5.17. The second-order valence-electron chi connectivity index (χ2n) is 5.48. The molecule has 0 radical (unpaired) electrons. The fourth-order valence-corrected chi connectivity index (χ4v) is 2.07. The largest absolute Gasteiger partial charge is 0.460 e. The van der Waals surface area contributed by atoms with Gasteiger partial charge in [-0.05, 0) is 32.1 Å². The van der Waals surface area contributed by atoms with E-state index in [1.165, 1.54) is 0 Å². The number of rotatable bonds is 8. The van der Waals surface area contributed by atoms with E-state index < -0.39 is 43.1 Å². The molecule has 0 N–H and O–H groups in total. The van der Waals surface area contributed by atoms with Crippen molar-refractivity contribution in [3.63, 3.8) is 0 Å². The highest BCUT2D eigenvalue weighted by Gasteiger charge is 2.81. The summed E-state index contributed by atoms with van der Waals surface area (Å²) in [6, 6.07) is 0. The third-order valence-electron chi connectivity index (χ3n) is 3.54. The van der Waals surface area contributed by atoms with Crippen LogP contribution in [0.3, 0.4) is 0 Å². The van der Waals surface area contributed by atoms with Crippen LogP contribution in [-0.2, 0) is 9.47 Å². The van der Waals surface area contributed by atoms with Crippen LogP contribution in [0.1, 0.15) is 38.5 Å². The number of unbranched alkanes of at least 4 members (excludes halogenated alkanes) is 1. The van der Waals surface area contributed by atoms with Crippen molar-refractivity contribution < 1.29 is 49.0 Å². The second-order valence-corrected chi connectivity index (χ2v) is 5.48. The summed E-state index contributed by atoms with van der Waals surface area (Å²) >= 11 is 0. The first-order valence-corrected chi connectivity index (χ1v) is 7.26. The maximum absolute atomic E-state index is 13.2. The molecule has 0 aromatic rings. The average Bonchev–Trinajstić information content (AvgIpc) is 2.46. The Morgan fingerprint density at radius 2 is 1.46 bits per heavy atom. The molecule has 11 heteroatoms. The van der Waals surface area contributed by atoms with Crippen LogP contribution in [0.4, 0.5) is 39.5 Å². The van der Waals surface area contributed by atoms with Crippen molar-refractivity contribution in [1.82, 2.24) is 0 Å². The van der Waals surface area contributed by atoms with Crippen LogP contribution in [-0.4, -0.2) is 43.4 Å². The van der Waals surface area contributed by atoms with E-state index in [2.05, 4.69) is 0 Å². The molecule has 144 valence electrons. The van der Waals surface area contributed by atoms with Gasteiger partial charge in [0, 0.05) is 19.6 Å². The standard InChI is InChI=1S/C13H17F9O2/c14-10(15,11(16,17)12(18,19)13(20,21)22)6-2-4-8-24-9-5-1-3-7-23-9/h9H,1-8H2. The molecular weight excluding hydrogens is 359 g/mol. The Morgan fingerprint density at radius 1 is 0.833 bits per heavy atom. The van der Waals surface area contributed by atoms with Gasteiger partial charge < -0.3 is 9.47 Å². The summed E-state index contributed by atoms with van der Waals surface area (Å²) in [5, 5.41) is 0. The van der Waals surface area contributed by atoms with E-state index in [0.29, 0.717) is 13.0 Å². The van der Waals surface area contributed by atoms with Gasteiger partial charge in [-0.2, -0.15) is 39.5 Å². The summed E-state index contributed by atoms with van der Waals surface area (Å²) in [5.74, 6) is -18.9. The molecule has 0 bridgehead atoms. The van der Waals surface area contributed by atoms with Crippen molar-refractivity contribution in [2.75, 3.05) is 13.2 Å². The van der Waals surface area contributed by atoms with Crippen LogP contribution in [0.15, 0.2) is 0 Å². The quantitative estimate of drug-likeness (QED) is 0.430. The first kappa shape index (κ1) is 21.3. The van der Waals surface area contributed by atoms with E-state index in [4.69, 9.17) is 9.47 Å². The molecule has 1 aliphatic rings. The summed E-state index contributed by atoms with van der Waals surface area (Å²) in [7, 11) is 0. The molecule has 1 fully saturated rings. The van der Waals surface area contributed by atoms with E-state index in [9.17, 15) is 39.5 Å². The number of hydrogen-bond donors (Lipinski definition) is 0. The van der Waals surface area contributed by atoms with Crippen molar-refractivity contribution in [2.45, 2.75) is 68.8 Å². The second kappa shape index (κ2) is 7.67. The fourth-order valence-electron chi connectivity index (χ4n) is 2.07. The van der Waals surface area contributed by atoms with Crippen molar-refractivity contribution in [2.24, 2.45) is 0 Å². The maximum Gasteiger partial charge on any atom is 0.460 e. The van der Waals surface area contributed by atoms with Crippen molar-refractivity contribution in [3.8, 4) is 0 Å². The molecule has 24 heavy (non-hydrogen) atoms. The smallest absolute Gasteiger partial charge is 0.353 e. The van der Waals surface area contributed by atoms with Gasteiger partial charge in [0.25, 0.3) is 0 Å². The summed E-state index contributed by atoms with van der Waals surface area (Å²) < 4.78 is 124. The molecule has 0 aromatic carbocycles. The number of halogens is 9. The molecule has 1 atom stereocenters. The Morgan fingerprint density at radius 3 is 1.96 bits per heavy atom. The van der Waals surface area contributed by atoms with Gasteiger partial charge in [0.15, 0.2) is 6.29 Å². The highest BCUT2D eigenvalue weighted by Crippen LogP contribution is 2.54. The summed E-state index contributed by atoms with van der Waals surface area (Å²) in [6.45, 7) is 0.309. The molecule has 1 saturated heterocycles. The Kier molecular flexibility index (Phi) is 6.82. The molecule has 0 saturated carbocycles. The van der Waals surface area contributed by atoms with Gasteiger partial charge >= 0.3 is 23.9 Å². The van der Waals surface area contributed by atoms with Crippen molar-refractivity contribution >= 4 is 0 Å². The Hall–Kier alpha value is -0.710. The van der Waals surface area contributed by atoms with Gasteiger partial charge in [-0.25, -0.2) is 0 Å². The first-order chi connectivity index (χ1) is 10.8. The van der Waals surface area contributed by atoms with Gasteiger partial charge in [-0.15, -0.1) is 0 Å². The molecule has 1 heterocycles. The molecule has 0 spiro atoms. The lowest BCUT2D eigenvalue weighted by Gasteiger charge is -2.33. The normalized spacial score (nSPS) is 21.1. The maximum atomic E-state index is 13.2. The van der Waals surface area contributed by atoms with E-state index in [0.717, 1.165) is 12.8 Å². The lowest BCUT2D eigenvalue weighted by molar-refractivity contribution is -0.396.